The Balaban J connectivity index is 1.69. The van der Waals surface area contributed by atoms with E-state index in [4.69, 9.17) is 9.63 Å². The number of anilines is 2. The molecule has 0 atom stereocenters. The van der Waals surface area contributed by atoms with Gasteiger partial charge in [-0.1, -0.05) is 17.3 Å². The summed E-state index contributed by atoms with van der Waals surface area (Å²) in [6, 6.07) is 13.9. The predicted molar refractivity (Wildman–Crippen MR) is 150 cm³/mol. The second-order valence-electron chi connectivity index (χ2n) is 10.3. The van der Waals surface area contributed by atoms with Crippen molar-refractivity contribution < 1.29 is 18.8 Å². The number of rotatable bonds is 13. The Kier molecular flexibility index (Phi) is 9.59. The number of aromatic nitrogens is 1. The molecule has 0 saturated heterocycles. The van der Waals surface area contributed by atoms with Crippen LogP contribution in [0.25, 0.3) is 0 Å². The number of hydrogen-bond acceptors (Lipinski definition) is 6. The van der Waals surface area contributed by atoms with E-state index < -0.39 is 12.6 Å². The smallest absolute Gasteiger partial charge is 0.303 e. The van der Waals surface area contributed by atoms with E-state index in [0.29, 0.717) is 36.5 Å². The van der Waals surface area contributed by atoms with Gasteiger partial charge in [0.05, 0.1) is 17.3 Å². The molecule has 3 aromatic rings. The minimum atomic E-state index is -0.762. The lowest BCUT2D eigenvalue weighted by Crippen LogP contribution is -2.28. The molecule has 2 aromatic carbocycles. The van der Waals surface area contributed by atoms with E-state index in [1.807, 2.05) is 13.0 Å². The Bertz CT molecular complexity index is 1330. The first-order valence-corrected chi connectivity index (χ1v) is 13.8. The first-order chi connectivity index (χ1) is 18.9. The lowest BCUT2D eigenvalue weighted by Gasteiger charge is -2.31. The van der Waals surface area contributed by atoms with Crippen LogP contribution in [0, 0.1) is 18.3 Å². The van der Waals surface area contributed by atoms with Crippen molar-refractivity contribution in [1.82, 2.24) is 5.16 Å². The average Bonchev–Trinajstić information content (AvgIpc) is 3.38. The monoisotopic (exact) mass is 532 g/mol. The number of nitrogens with zero attached hydrogens (tertiary/aromatic N) is 4. The summed E-state index contributed by atoms with van der Waals surface area (Å²) in [5.74, 6) is -0.147. The summed E-state index contributed by atoms with van der Waals surface area (Å²) in [7, 11) is 0. The van der Waals surface area contributed by atoms with Crippen LogP contribution in [-0.4, -0.2) is 29.3 Å². The van der Waals surface area contributed by atoms with E-state index >= 15 is 0 Å². The van der Waals surface area contributed by atoms with Crippen molar-refractivity contribution in [2.24, 2.45) is 0 Å². The van der Waals surface area contributed by atoms with Gasteiger partial charge < -0.3 is 19.4 Å². The van der Waals surface area contributed by atoms with Crippen LogP contribution in [0.2, 0.25) is 0 Å². The Labute approximate surface area is 229 Å². The predicted octanol–water partition coefficient (Wildman–Crippen LogP) is 6.49. The van der Waals surface area contributed by atoms with Crippen molar-refractivity contribution in [2.75, 3.05) is 22.9 Å². The van der Waals surface area contributed by atoms with Crippen molar-refractivity contribution in [3.63, 3.8) is 0 Å². The fourth-order valence-corrected chi connectivity index (χ4v) is 5.41. The zero-order valence-electron chi connectivity index (χ0n) is 22.9. The second-order valence-corrected chi connectivity index (χ2v) is 10.3. The minimum absolute atomic E-state index is 0.176. The number of hydrogen-bond donors (Lipinski definition) is 1. The molecule has 1 aromatic heterocycles. The number of carbonyl (C=O) groups is 1. The van der Waals surface area contributed by atoms with E-state index in [9.17, 15) is 14.4 Å². The molecule has 1 heterocycles. The summed E-state index contributed by atoms with van der Waals surface area (Å²) < 4.78 is 19.2. The molecule has 0 fully saturated rings. The van der Waals surface area contributed by atoms with Gasteiger partial charge in [0.15, 0.2) is 0 Å². The van der Waals surface area contributed by atoms with Crippen molar-refractivity contribution in [1.29, 1.82) is 5.26 Å². The molecule has 0 radical (unpaired) electrons. The van der Waals surface area contributed by atoms with Gasteiger partial charge in [-0.05, 0) is 98.4 Å². The molecule has 7 nitrogen and oxygen atoms in total. The summed E-state index contributed by atoms with van der Waals surface area (Å²) in [6.45, 7) is 5.94. The standard InChI is InChI=1S/C31H37FN4O3/c1-3-35(11-7-6-10-31(37)38)29-17-27-9-5-4-8-26(27)16-28(29)21-36(30-12-22(2)34-39-30)20-25-14-23(18-32)13-24(15-25)19-33/h12-17H,3-11,18,20-21H2,1-2H3,(H,37,38). The van der Waals surface area contributed by atoms with Crippen molar-refractivity contribution in [3.8, 4) is 6.07 Å². The molecule has 0 saturated carbocycles. The number of unbranched alkanes of at least 4 members (excludes halogenated alkanes) is 1. The summed E-state index contributed by atoms with van der Waals surface area (Å²) in [6.07, 6.45) is 6.10. The highest BCUT2D eigenvalue weighted by molar-refractivity contribution is 5.66. The van der Waals surface area contributed by atoms with Gasteiger partial charge >= 0.3 is 5.97 Å². The van der Waals surface area contributed by atoms with Crippen molar-refractivity contribution in [3.05, 3.63) is 75.5 Å². The summed E-state index contributed by atoms with van der Waals surface area (Å²) in [4.78, 5) is 15.4. The maximum atomic E-state index is 13.6. The van der Waals surface area contributed by atoms with E-state index in [1.165, 1.54) is 24.0 Å². The van der Waals surface area contributed by atoms with E-state index in [-0.39, 0.29) is 6.42 Å². The SMILES string of the molecule is CCN(CCCCC(=O)O)c1cc2c(cc1CN(Cc1cc(C#N)cc(CF)c1)c1cc(C)no1)CCCC2. The maximum absolute atomic E-state index is 13.6. The van der Waals surface area contributed by atoms with Gasteiger partial charge in [-0.15, -0.1) is 0 Å². The molecule has 8 heteroatoms. The molecule has 39 heavy (non-hydrogen) atoms. The molecule has 1 N–H and O–H groups in total. The number of alkyl halides is 1. The molecule has 0 amide bonds. The van der Waals surface area contributed by atoms with Crippen LogP contribution < -0.4 is 9.80 Å². The number of aryl methyl sites for hydroxylation is 3. The highest BCUT2D eigenvalue weighted by Gasteiger charge is 2.21. The molecule has 0 unspecified atom stereocenters. The van der Waals surface area contributed by atoms with Crippen LogP contribution in [0.5, 0.6) is 0 Å². The number of halogens is 1. The Morgan fingerprint density at radius 1 is 1.05 bits per heavy atom. The quantitative estimate of drug-likeness (QED) is 0.251. The first kappa shape index (κ1) is 28.2. The minimum Gasteiger partial charge on any atom is -0.481 e. The van der Waals surface area contributed by atoms with Crippen LogP contribution >= 0.6 is 0 Å². The fraction of sp³-hybridized carbons (Fsp3) is 0.452. The zero-order chi connectivity index (χ0) is 27.8. The van der Waals surface area contributed by atoms with E-state index in [0.717, 1.165) is 54.9 Å². The zero-order valence-corrected chi connectivity index (χ0v) is 22.9. The highest BCUT2D eigenvalue weighted by atomic mass is 19.1. The summed E-state index contributed by atoms with van der Waals surface area (Å²) in [5.41, 5.74) is 7.59. The second kappa shape index (κ2) is 13.3. The lowest BCUT2D eigenvalue weighted by atomic mass is 9.89. The topological polar surface area (TPSA) is 93.6 Å². The van der Waals surface area contributed by atoms with Gasteiger partial charge in [0.2, 0.25) is 5.88 Å². The molecular formula is C31H37FN4O3. The van der Waals surface area contributed by atoms with Crippen molar-refractivity contribution >= 4 is 17.5 Å². The molecule has 1 aliphatic carbocycles. The fourth-order valence-electron chi connectivity index (χ4n) is 5.41. The van der Waals surface area contributed by atoms with Crippen LogP contribution in [0.15, 0.2) is 40.9 Å². The molecule has 206 valence electrons. The Hall–Kier alpha value is -3.86. The Morgan fingerprint density at radius 2 is 1.79 bits per heavy atom. The molecule has 0 spiro atoms. The lowest BCUT2D eigenvalue weighted by molar-refractivity contribution is -0.137. The normalized spacial score (nSPS) is 12.6. The van der Waals surface area contributed by atoms with Gasteiger partial charge in [-0.2, -0.15) is 5.26 Å². The van der Waals surface area contributed by atoms with Gasteiger partial charge in [0.25, 0.3) is 0 Å². The molecular weight excluding hydrogens is 495 g/mol. The molecule has 4 rings (SSSR count). The van der Waals surface area contributed by atoms with Crippen LogP contribution in [0.3, 0.4) is 0 Å². The third-order valence-corrected chi connectivity index (χ3v) is 7.33. The number of carboxylic acid groups (broad SMARTS) is 1. The number of benzene rings is 2. The third kappa shape index (κ3) is 7.38. The number of aliphatic carboxylic acids is 1. The van der Waals surface area contributed by atoms with E-state index in [1.54, 1.807) is 18.2 Å². The largest absolute Gasteiger partial charge is 0.481 e. The highest BCUT2D eigenvalue weighted by Crippen LogP contribution is 2.33. The number of nitriles is 1. The van der Waals surface area contributed by atoms with Crippen molar-refractivity contribution in [2.45, 2.75) is 78.6 Å². The van der Waals surface area contributed by atoms with Crippen LogP contribution in [-0.2, 0) is 37.4 Å². The molecule has 1 aliphatic rings. The first-order valence-electron chi connectivity index (χ1n) is 13.8. The number of carboxylic acids is 1. The summed E-state index contributed by atoms with van der Waals surface area (Å²) in [5, 5.41) is 22.6. The van der Waals surface area contributed by atoms with Gasteiger partial charge in [-0.3, -0.25) is 4.79 Å². The van der Waals surface area contributed by atoms with Gasteiger partial charge in [-0.25, -0.2) is 4.39 Å². The third-order valence-electron chi connectivity index (χ3n) is 7.33. The maximum Gasteiger partial charge on any atom is 0.303 e. The van der Waals surface area contributed by atoms with Gasteiger partial charge in [0, 0.05) is 44.4 Å². The molecule has 0 aliphatic heterocycles. The average molecular weight is 533 g/mol. The van der Waals surface area contributed by atoms with Gasteiger partial charge in [0.1, 0.15) is 6.67 Å². The van der Waals surface area contributed by atoms with Crippen LogP contribution in [0.1, 0.15) is 78.1 Å². The van der Waals surface area contributed by atoms with E-state index in [2.05, 4.69) is 40.1 Å². The number of fused-ring (bicyclic) bond motifs is 1. The van der Waals surface area contributed by atoms with Crippen LogP contribution in [0.4, 0.5) is 16.0 Å². The molecule has 0 bridgehead atoms. The Morgan fingerprint density at radius 3 is 2.44 bits per heavy atom. The summed E-state index contributed by atoms with van der Waals surface area (Å²) >= 11 is 0.